The summed E-state index contributed by atoms with van der Waals surface area (Å²) in [4.78, 5) is 11.8. The van der Waals surface area contributed by atoms with Crippen LogP contribution in [0.4, 0.5) is 0 Å². The number of unbranched alkanes of at least 4 members (excludes halogenated alkanes) is 1. The molecule has 3 heteroatoms. The summed E-state index contributed by atoms with van der Waals surface area (Å²) in [6.45, 7) is 2.99. The first kappa shape index (κ1) is 12.9. The molecule has 0 spiro atoms. The smallest absolute Gasteiger partial charge is 0.236 e. The van der Waals surface area contributed by atoms with Crippen molar-refractivity contribution in [2.45, 2.75) is 57.9 Å². The van der Waals surface area contributed by atoms with Crippen LogP contribution in [0.3, 0.4) is 0 Å². The molecule has 2 aliphatic rings. The molecular weight excluding hydrogens is 212 g/mol. The molecule has 2 fully saturated rings. The summed E-state index contributed by atoms with van der Waals surface area (Å²) in [5, 5.41) is 3.05. The van der Waals surface area contributed by atoms with E-state index in [2.05, 4.69) is 12.2 Å². The Morgan fingerprint density at radius 2 is 2.24 bits per heavy atom. The number of amides is 1. The minimum absolute atomic E-state index is 0.0567. The van der Waals surface area contributed by atoms with Crippen LogP contribution in [0.1, 0.15) is 51.9 Å². The van der Waals surface area contributed by atoms with E-state index in [9.17, 15) is 4.79 Å². The van der Waals surface area contributed by atoms with Crippen LogP contribution in [0.2, 0.25) is 0 Å². The predicted molar refractivity (Wildman–Crippen MR) is 69.4 cm³/mol. The van der Waals surface area contributed by atoms with Gasteiger partial charge in [-0.05, 0) is 43.4 Å². The van der Waals surface area contributed by atoms with E-state index >= 15 is 0 Å². The SMILES string of the molecule is CCCCC(N)C(=O)NCC1CC2CCC1C2. The van der Waals surface area contributed by atoms with Crippen molar-refractivity contribution in [3.8, 4) is 0 Å². The quantitative estimate of drug-likeness (QED) is 0.744. The number of nitrogens with one attached hydrogen (secondary N) is 1. The maximum Gasteiger partial charge on any atom is 0.236 e. The van der Waals surface area contributed by atoms with Crippen LogP contribution in [0.25, 0.3) is 0 Å². The molecule has 0 aromatic rings. The molecule has 2 aliphatic carbocycles. The monoisotopic (exact) mass is 238 g/mol. The molecule has 1 amide bonds. The molecule has 2 rings (SSSR count). The predicted octanol–water partition coefficient (Wildman–Crippen LogP) is 2.06. The van der Waals surface area contributed by atoms with Crippen LogP contribution in [0, 0.1) is 17.8 Å². The van der Waals surface area contributed by atoms with E-state index in [1.165, 1.54) is 25.7 Å². The van der Waals surface area contributed by atoms with Crippen molar-refractivity contribution in [1.29, 1.82) is 0 Å². The minimum atomic E-state index is -0.298. The molecule has 0 aromatic carbocycles. The van der Waals surface area contributed by atoms with E-state index in [-0.39, 0.29) is 11.9 Å². The van der Waals surface area contributed by atoms with E-state index in [1.54, 1.807) is 0 Å². The van der Waals surface area contributed by atoms with Gasteiger partial charge in [-0.25, -0.2) is 0 Å². The van der Waals surface area contributed by atoms with E-state index < -0.39 is 0 Å². The lowest BCUT2D eigenvalue weighted by molar-refractivity contribution is -0.122. The number of carbonyl (C=O) groups excluding carboxylic acids is 1. The highest BCUT2D eigenvalue weighted by Crippen LogP contribution is 2.47. The third kappa shape index (κ3) is 3.21. The van der Waals surface area contributed by atoms with Crippen molar-refractivity contribution in [1.82, 2.24) is 5.32 Å². The fourth-order valence-electron chi connectivity index (χ4n) is 3.54. The van der Waals surface area contributed by atoms with Gasteiger partial charge < -0.3 is 11.1 Å². The molecule has 0 aliphatic heterocycles. The summed E-state index contributed by atoms with van der Waals surface area (Å²) in [6.07, 6.45) is 8.50. The van der Waals surface area contributed by atoms with Crippen LogP contribution >= 0.6 is 0 Å². The number of hydrogen-bond donors (Lipinski definition) is 2. The highest BCUT2D eigenvalue weighted by Gasteiger charge is 2.39. The molecule has 0 radical (unpaired) electrons. The van der Waals surface area contributed by atoms with Gasteiger partial charge in [0.1, 0.15) is 0 Å². The van der Waals surface area contributed by atoms with Crippen LogP contribution in [0.5, 0.6) is 0 Å². The van der Waals surface area contributed by atoms with Crippen molar-refractivity contribution in [2.24, 2.45) is 23.5 Å². The summed E-state index contributed by atoms with van der Waals surface area (Å²) in [6, 6.07) is -0.298. The third-order valence-electron chi connectivity index (χ3n) is 4.63. The first-order valence-corrected chi connectivity index (χ1v) is 7.24. The lowest BCUT2D eigenvalue weighted by Crippen LogP contribution is -2.43. The van der Waals surface area contributed by atoms with Gasteiger partial charge in [0.05, 0.1) is 6.04 Å². The lowest BCUT2D eigenvalue weighted by atomic mass is 9.89. The summed E-state index contributed by atoms with van der Waals surface area (Å²) < 4.78 is 0. The van der Waals surface area contributed by atoms with Gasteiger partial charge in [-0.3, -0.25) is 4.79 Å². The number of rotatable bonds is 6. The van der Waals surface area contributed by atoms with Gasteiger partial charge in [-0.15, -0.1) is 0 Å². The van der Waals surface area contributed by atoms with Crippen molar-refractivity contribution >= 4 is 5.91 Å². The third-order valence-corrected chi connectivity index (χ3v) is 4.63. The zero-order valence-electron chi connectivity index (χ0n) is 11.0. The largest absolute Gasteiger partial charge is 0.354 e. The minimum Gasteiger partial charge on any atom is -0.354 e. The summed E-state index contributed by atoms with van der Waals surface area (Å²) in [5.74, 6) is 2.63. The van der Waals surface area contributed by atoms with E-state index in [1.807, 2.05) is 0 Å². The molecular formula is C14H26N2O. The van der Waals surface area contributed by atoms with Crippen LogP contribution in [-0.2, 0) is 4.79 Å². The van der Waals surface area contributed by atoms with Crippen LogP contribution < -0.4 is 11.1 Å². The average Bonchev–Trinajstić information content (AvgIpc) is 2.94. The van der Waals surface area contributed by atoms with E-state index in [0.29, 0.717) is 0 Å². The Bertz CT molecular complexity index is 267. The molecule has 4 atom stereocenters. The molecule has 3 nitrogen and oxygen atoms in total. The number of hydrogen-bond acceptors (Lipinski definition) is 2. The maximum absolute atomic E-state index is 11.8. The Labute approximate surface area is 105 Å². The van der Waals surface area contributed by atoms with Gasteiger partial charge in [0.25, 0.3) is 0 Å². The van der Waals surface area contributed by atoms with E-state index in [0.717, 1.165) is 43.6 Å². The normalized spacial score (nSPS) is 32.7. The van der Waals surface area contributed by atoms with E-state index in [4.69, 9.17) is 5.73 Å². The van der Waals surface area contributed by atoms with Crippen molar-refractivity contribution < 1.29 is 4.79 Å². The Kier molecular flexibility index (Phi) is 4.43. The highest BCUT2D eigenvalue weighted by atomic mass is 16.2. The molecule has 98 valence electrons. The topological polar surface area (TPSA) is 55.1 Å². The van der Waals surface area contributed by atoms with Crippen LogP contribution in [-0.4, -0.2) is 18.5 Å². The Balaban J connectivity index is 1.66. The molecule has 0 aromatic heterocycles. The second kappa shape index (κ2) is 5.85. The Morgan fingerprint density at radius 1 is 1.41 bits per heavy atom. The Morgan fingerprint density at radius 3 is 2.82 bits per heavy atom. The second-order valence-electron chi connectivity index (χ2n) is 5.93. The number of carbonyl (C=O) groups is 1. The van der Waals surface area contributed by atoms with Gasteiger partial charge >= 0.3 is 0 Å². The van der Waals surface area contributed by atoms with Gasteiger partial charge in [0, 0.05) is 6.54 Å². The molecule has 0 saturated heterocycles. The average molecular weight is 238 g/mol. The lowest BCUT2D eigenvalue weighted by Gasteiger charge is -2.22. The first-order chi connectivity index (χ1) is 8.20. The fraction of sp³-hybridized carbons (Fsp3) is 0.929. The summed E-state index contributed by atoms with van der Waals surface area (Å²) in [7, 11) is 0. The molecule has 4 unspecified atom stereocenters. The maximum atomic E-state index is 11.8. The van der Waals surface area contributed by atoms with Gasteiger partial charge in [0.15, 0.2) is 0 Å². The second-order valence-corrected chi connectivity index (χ2v) is 5.93. The number of fused-ring (bicyclic) bond motifs is 2. The van der Waals surface area contributed by atoms with Crippen molar-refractivity contribution in [3.05, 3.63) is 0 Å². The van der Waals surface area contributed by atoms with Crippen LogP contribution in [0.15, 0.2) is 0 Å². The fourth-order valence-corrected chi connectivity index (χ4v) is 3.54. The standard InChI is InChI=1S/C14H26N2O/c1-2-3-4-13(15)14(17)16-9-12-8-10-5-6-11(12)7-10/h10-13H,2-9,15H2,1H3,(H,16,17). The van der Waals surface area contributed by atoms with Gasteiger partial charge in [-0.1, -0.05) is 26.2 Å². The van der Waals surface area contributed by atoms with Gasteiger partial charge in [0.2, 0.25) is 5.91 Å². The first-order valence-electron chi connectivity index (χ1n) is 7.24. The highest BCUT2D eigenvalue weighted by molar-refractivity contribution is 5.81. The molecule has 2 saturated carbocycles. The number of nitrogens with two attached hydrogens (primary N) is 1. The molecule has 3 N–H and O–H groups in total. The molecule has 17 heavy (non-hydrogen) atoms. The van der Waals surface area contributed by atoms with Crippen molar-refractivity contribution in [2.75, 3.05) is 6.54 Å². The van der Waals surface area contributed by atoms with Gasteiger partial charge in [-0.2, -0.15) is 0 Å². The summed E-state index contributed by atoms with van der Waals surface area (Å²) >= 11 is 0. The molecule has 0 heterocycles. The summed E-state index contributed by atoms with van der Waals surface area (Å²) in [5.41, 5.74) is 5.85. The Hall–Kier alpha value is -0.570. The zero-order valence-corrected chi connectivity index (χ0v) is 11.0. The van der Waals surface area contributed by atoms with Crippen molar-refractivity contribution in [3.63, 3.8) is 0 Å². The zero-order chi connectivity index (χ0) is 12.3. The molecule has 2 bridgehead atoms.